The van der Waals surface area contributed by atoms with Gasteiger partial charge >= 0.3 is 0 Å². The highest BCUT2D eigenvalue weighted by atomic mass is 16.3. The molecule has 1 amide bonds. The van der Waals surface area contributed by atoms with Crippen molar-refractivity contribution in [2.24, 2.45) is 10.9 Å². The molecule has 1 saturated carbocycles. The van der Waals surface area contributed by atoms with Crippen LogP contribution in [0.5, 0.6) is 5.75 Å². The van der Waals surface area contributed by atoms with Crippen LogP contribution in [0.1, 0.15) is 70.5 Å². The van der Waals surface area contributed by atoms with Crippen LogP contribution >= 0.6 is 0 Å². The van der Waals surface area contributed by atoms with Crippen molar-refractivity contribution in [1.29, 1.82) is 0 Å². The largest absolute Gasteiger partial charge is 0.508 e. The van der Waals surface area contributed by atoms with E-state index in [9.17, 15) is 14.7 Å². The minimum Gasteiger partial charge on any atom is -0.508 e. The summed E-state index contributed by atoms with van der Waals surface area (Å²) in [7, 11) is 0. The molecule has 1 heterocycles. The topological polar surface area (TPSA) is 73.2 Å². The van der Waals surface area contributed by atoms with Gasteiger partial charge in [0.25, 0.3) is 0 Å². The molecule has 3 aromatic rings. The number of carbonyl (C=O) groups excluding carboxylic acids is 2. The maximum Gasteiger partial charge on any atom is 0.224 e. The number of hydrogen-bond acceptors (Lipinski definition) is 5. The summed E-state index contributed by atoms with van der Waals surface area (Å²) in [5.41, 5.74) is 5.28. The minimum absolute atomic E-state index is 0.0298. The highest BCUT2D eigenvalue weighted by Crippen LogP contribution is 2.47. The van der Waals surface area contributed by atoms with Crippen LogP contribution in [0.25, 0.3) is 0 Å². The van der Waals surface area contributed by atoms with Crippen LogP contribution in [0, 0.1) is 5.92 Å². The van der Waals surface area contributed by atoms with Crippen LogP contribution in [0.2, 0.25) is 0 Å². The van der Waals surface area contributed by atoms with Crippen molar-refractivity contribution < 1.29 is 14.7 Å². The number of phenolic OH excluding ortho intramolecular Hbond substituents is 1. The fraction of sp³-hybridized carbons (Fsp3) is 0.364. The lowest BCUT2D eigenvalue weighted by Gasteiger charge is -2.39. The molecule has 6 nitrogen and oxygen atoms in total. The Labute approximate surface area is 231 Å². The highest BCUT2D eigenvalue weighted by molar-refractivity contribution is 6.13. The standard InChI is InChI=1S/C33H37N3O3/c1-20(2)35(21(3)4)26-14-10-24(11-15-26)33-32-29(34-28-8-6-7-9-30(28)36(33)22(5)37)18-25(19-31(32)39)23-12-16-27(38)17-13-23/h6-17,20-21,25,32-33,38H,18-19H2,1-5H3. The SMILES string of the molecule is CC(=O)N1c2ccccc2N=C2CC(c3ccc(O)cc3)CC(=O)C2C1c1ccc(N(C(C)C)C(C)C)cc1. The summed E-state index contributed by atoms with van der Waals surface area (Å²) in [6, 6.07) is 23.3. The molecule has 3 aromatic carbocycles. The van der Waals surface area contributed by atoms with E-state index in [0.29, 0.717) is 30.6 Å². The molecule has 0 radical (unpaired) electrons. The highest BCUT2D eigenvalue weighted by Gasteiger charge is 2.45. The van der Waals surface area contributed by atoms with Gasteiger partial charge in [-0.15, -0.1) is 0 Å². The zero-order valence-electron chi connectivity index (χ0n) is 23.3. The molecule has 1 fully saturated rings. The third-order valence-electron chi connectivity index (χ3n) is 7.96. The zero-order valence-corrected chi connectivity index (χ0v) is 23.3. The van der Waals surface area contributed by atoms with Crippen molar-refractivity contribution in [2.75, 3.05) is 9.80 Å². The number of benzene rings is 3. The number of amides is 1. The summed E-state index contributed by atoms with van der Waals surface area (Å²) in [5.74, 6) is -0.400. The molecule has 5 rings (SSSR count). The average Bonchev–Trinajstić information content (AvgIpc) is 3.04. The van der Waals surface area contributed by atoms with Crippen molar-refractivity contribution in [3.63, 3.8) is 0 Å². The predicted molar refractivity (Wildman–Crippen MR) is 157 cm³/mol. The summed E-state index contributed by atoms with van der Waals surface area (Å²) in [6.07, 6.45) is 0.976. The Hall–Kier alpha value is -3.93. The third-order valence-corrected chi connectivity index (χ3v) is 7.96. The number of aromatic hydroxyl groups is 1. The molecule has 3 unspecified atom stereocenters. The quantitative estimate of drug-likeness (QED) is 0.392. The first kappa shape index (κ1) is 26.7. The molecular weight excluding hydrogens is 486 g/mol. The van der Waals surface area contributed by atoms with Gasteiger partial charge in [-0.1, -0.05) is 36.4 Å². The maximum absolute atomic E-state index is 14.0. The van der Waals surface area contributed by atoms with E-state index in [-0.39, 0.29) is 23.4 Å². The smallest absolute Gasteiger partial charge is 0.224 e. The van der Waals surface area contributed by atoms with E-state index in [1.54, 1.807) is 24.0 Å². The molecule has 1 aliphatic carbocycles. The summed E-state index contributed by atoms with van der Waals surface area (Å²) >= 11 is 0. The number of anilines is 2. The number of rotatable bonds is 5. The number of Topliss-reactive ketones (excluding diaryl/α,β-unsaturated/α-hetero) is 1. The van der Waals surface area contributed by atoms with E-state index >= 15 is 0 Å². The Balaban J connectivity index is 1.62. The first-order valence-corrected chi connectivity index (χ1v) is 13.8. The molecule has 2 aliphatic rings. The summed E-state index contributed by atoms with van der Waals surface area (Å²) in [5, 5.41) is 9.77. The van der Waals surface area contributed by atoms with Gasteiger partial charge in [-0.3, -0.25) is 14.6 Å². The lowest BCUT2D eigenvalue weighted by molar-refractivity contribution is -0.123. The van der Waals surface area contributed by atoms with Gasteiger partial charge in [-0.2, -0.15) is 0 Å². The van der Waals surface area contributed by atoms with Crippen molar-refractivity contribution in [2.45, 2.75) is 71.5 Å². The number of nitrogens with zero attached hydrogens (tertiary/aromatic N) is 3. The van der Waals surface area contributed by atoms with E-state index in [1.807, 2.05) is 36.4 Å². The van der Waals surface area contributed by atoms with E-state index in [0.717, 1.165) is 28.2 Å². The second-order valence-corrected chi connectivity index (χ2v) is 11.3. The number of ketones is 1. The summed E-state index contributed by atoms with van der Waals surface area (Å²) < 4.78 is 0. The molecular formula is C33H37N3O3. The van der Waals surface area contributed by atoms with Crippen molar-refractivity contribution in [1.82, 2.24) is 0 Å². The molecule has 3 atom stereocenters. The number of para-hydroxylation sites is 2. The van der Waals surface area contributed by atoms with Crippen LogP contribution in [0.4, 0.5) is 17.1 Å². The Morgan fingerprint density at radius 1 is 0.897 bits per heavy atom. The fourth-order valence-corrected chi connectivity index (χ4v) is 6.42. The molecule has 202 valence electrons. The molecule has 0 saturated heterocycles. The minimum atomic E-state index is -0.535. The lowest BCUT2D eigenvalue weighted by atomic mass is 9.72. The lowest BCUT2D eigenvalue weighted by Crippen LogP contribution is -2.45. The van der Waals surface area contributed by atoms with E-state index in [2.05, 4.69) is 56.9 Å². The fourth-order valence-electron chi connectivity index (χ4n) is 6.42. The van der Waals surface area contributed by atoms with E-state index < -0.39 is 12.0 Å². The van der Waals surface area contributed by atoms with Crippen LogP contribution in [-0.4, -0.2) is 34.6 Å². The normalized spacial score (nSPS) is 20.8. The van der Waals surface area contributed by atoms with Gasteiger partial charge in [0.15, 0.2) is 0 Å². The second-order valence-electron chi connectivity index (χ2n) is 11.3. The molecule has 1 aliphatic heterocycles. The van der Waals surface area contributed by atoms with Gasteiger partial charge in [0, 0.05) is 36.8 Å². The molecule has 1 N–H and O–H groups in total. The first-order chi connectivity index (χ1) is 18.7. The molecule has 0 aromatic heterocycles. The predicted octanol–water partition coefficient (Wildman–Crippen LogP) is 6.96. The van der Waals surface area contributed by atoms with E-state index in [4.69, 9.17) is 4.99 Å². The van der Waals surface area contributed by atoms with Gasteiger partial charge in [0.05, 0.1) is 23.3 Å². The Morgan fingerprint density at radius 2 is 1.51 bits per heavy atom. The van der Waals surface area contributed by atoms with Crippen LogP contribution < -0.4 is 9.80 Å². The van der Waals surface area contributed by atoms with Gasteiger partial charge in [0.1, 0.15) is 11.5 Å². The monoisotopic (exact) mass is 523 g/mol. The first-order valence-electron chi connectivity index (χ1n) is 13.8. The Kier molecular flexibility index (Phi) is 7.30. The van der Waals surface area contributed by atoms with Gasteiger partial charge in [-0.05, 0) is 87.6 Å². The number of fused-ring (bicyclic) bond motifs is 2. The number of phenols is 1. The van der Waals surface area contributed by atoms with Gasteiger partial charge in [0.2, 0.25) is 5.91 Å². The van der Waals surface area contributed by atoms with Gasteiger partial charge in [-0.25, -0.2) is 0 Å². The van der Waals surface area contributed by atoms with Crippen molar-refractivity contribution in [3.8, 4) is 5.75 Å². The van der Waals surface area contributed by atoms with Crippen LogP contribution in [0.15, 0.2) is 77.8 Å². The summed E-state index contributed by atoms with van der Waals surface area (Å²) in [6.45, 7) is 10.3. The van der Waals surface area contributed by atoms with Crippen LogP contribution in [-0.2, 0) is 9.59 Å². The Morgan fingerprint density at radius 3 is 2.13 bits per heavy atom. The summed E-state index contributed by atoms with van der Waals surface area (Å²) in [4.78, 5) is 36.5. The molecule has 39 heavy (non-hydrogen) atoms. The molecule has 6 heteroatoms. The maximum atomic E-state index is 14.0. The zero-order chi connectivity index (χ0) is 27.8. The van der Waals surface area contributed by atoms with Gasteiger partial charge < -0.3 is 14.9 Å². The number of carbonyl (C=O) groups is 2. The average molecular weight is 524 g/mol. The Bertz CT molecular complexity index is 1380. The molecule has 0 spiro atoms. The number of hydrogen-bond donors (Lipinski definition) is 1. The van der Waals surface area contributed by atoms with E-state index in [1.165, 1.54) is 0 Å². The number of aliphatic imine (C=N–C) groups is 1. The second kappa shape index (κ2) is 10.7. The van der Waals surface area contributed by atoms with Crippen molar-refractivity contribution >= 4 is 34.5 Å². The third kappa shape index (κ3) is 5.08. The van der Waals surface area contributed by atoms with Crippen LogP contribution in [0.3, 0.4) is 0 Å². The van der Waals surface area contributed by atoms with Crippen molar-refractivity contribution in [3.05, 3.63) is 83.9 Å². The molecule has 0 bridgehead atoms.